The van der Waals surface area contributed by atoms with E-state index in [0.29, 0.717) is 11.1 Å². The lowest BCUT2D eigenvalue weighted by Gasteiger charge is -2.08. The first-order valence-corrected chi connectivity index (χ1v) is 9.64. The van der Waals surface area contributed by atoms with Gasteiger partial charge in [-0.05, 0) is 28.3 Å². The first-order valence-electron chi connectivity index (χ1n) is 8.07. The number of nitriles is 1. The highest BCUT2D eigenvalue weighted by atomic mass is 32.2. The standard InChI is InChI=1S/C21H17NO3S/c22-14-20-8-4-5-9-21(20)19-12-10-17(11-13-19)15-25-26(23,24)16-18-6-2-1-3-7-18/h1-13H,15-16H2. The molecule has 0 atom stereocenters. The molecule has 0 fully saturated rings. The Hall–Kier alpha value is -2.94. The lowest BCUT2D eigenvalue weighted by atomic mass is 9.99. The summed E-state index contributed by atoms with van der Waals surface area (Å²) in [5.41, 5.74) is 3.79. The quantitative estimate of drug-likeness (QED) is 0.613. The minimum absolute atomic E-state index is 0.0185. The maximum absolute atomic E-state index is 12.1. The van der Waals surface area contributed by atoms with E-state index in [0.717, 1.165) is 16.7 Å². The van der Waals surface area contributed by atoms with E-state index in [9.17, 15) is 13.7 Å². The first kappa shape index (κ1) is 17.9. The van der Waals surface area contributed by atoms with Gasteiger partial charge in [-0.25, -0.2) is 0 Å². The molecule has 26 heavy (non-hydrogen) atoms. The Labute approximate surface area is 153 Å². The average Bonchev–Trinajstić information content (AvgIpc) is 2.67. The van der Waals surface area contributed by atoms with Crippen LogP contribution in [-0.2, 0) is 26.7 Å². The van der Waals surface area contributed by atoms with Gasteiger partial charge in [0, 0.05) is 0 Å². The monoisotopic (exact) mass is 363 g/mol. The molecule has 4 nitrogen and oxygen atoms in total. The molecule has 0 amide bonds. The van der Waals surface area contributed by atoms with Gasteiger partial charge in [-0.15, -0.1) is 0 Å². The Morgan fingerprint density at radius 1 is 0.808 bits per heavy atom. The third-order valence-electron chi connectivity index (χ3n) is 3.90. The molecule has 0 N–H and O–H groups in total. The van der Waals surface area contributed by atoms with Gasteiger partial charge >= 0.3 is 0 Å². The molecule has 3 rings (SSSR count). The van der Waals surface area contributed by atoms with Crippen molar-refractivity contribution >= 4 is 10.1 Å². The van der Waals surface area contributed by atoms with E-state index in [2.05, 4.69) is 6.07 Å². The van der Waals surface area contributed by atoms with Gasteiger partial charge in [0.2, 0.25) is 0 Å². The predicted molar refractivity (Wildman–Crippen MR) is 100 cm³/mol. The second-order valence-corrected chi connectivity index (χ2v) is 7.44. The van der Waals surface area contributed by atoms with Crippen LogP contribution in [0.1, 0.15) is 16.7 Å². The lowest BCUT2D eigenvalue weighted by molar-refractivity contribution is 0.307. The van der Waals surface area contributed by atoms with Crippen LogP contribution in [0.2, 0.25) is 0 Å². The van der Waals surface area contributed by atoms with Gasteiger partial charge < -0.3 is 0 Å². The second kappa shape index (κ2) is 7.96. The highest BCUT2D eigenvalue weighted by molar-refractivity contribution is 7.85. The summed E-state index contributed by atoms with van der Waals surface area (Å²) < 4.78 is 29.3. The van der Waals surface area contributed by atoms with Crippen LogP contribution < -0.4 is 0 Å². The van der Waals surface area contributed by atoms with Crippen molar-refractivity contribution in [2.45, 2.75) is 12.4 Å². The normalized spacial score (nSPS) is 11.0. The summed E-state index contributed by atoms with van der Waals surface area (Å²) in [6, 6.07) is 25.8. The number of nitrogens with zero attached hydrogens (tertiary/aromatic N) is 1. The largest absolute Gasteiger partial charge is 0.271 e. The van der Waals surface area contributed by atoms with Crippen molar-refractivity contribution in [2.75, 3.05) is 0 Å². The van der Waals surface area contributed by atoms with Crippen molar-refractivity contribution in [1.82, 2.24) is 0 Å². The smallest absolute Gasteiger partial charge is 0.265 e. The molecular weight excluding hydrogens is 346 g/mol. The molecule has 0 bridgehead atoms. The summed E-state index contributed by atoms with van der Waals surface area (Å²) in [5.74, 6) is -0.151. The van der Waals surface area contributed by atoms with Crippen molar-refractivity contribution in [1.29, 1.82) is 5.26 Å². The molecule has 0 saturated carbocycles. The van der Waals surface area contributed by atoms with E-state index >= 15 is 0 Å². The van der Waals surface area contributed by atoms with Crippen molar-refractivity contribution in [3.8, 4) is 17.2 Å². The fourth-order valence-corrected chi connectivity index (χ4v) is 3.59. The van der Waals surface area contributed by atoms with Crippen LogP contribution in [0.25, 0.3) is 11.1 Å². The molecule has 0 radical (unpaired) electrons. The van der Waals surface area contributed by atoms with Crippen LogP contribution in [0.4, 0.5) is 0 Å². The van der Waals surface area contributed by atoms with E-state index in [1.165, 1.54) is 0 Å². The Kier molecular flexibility index (Phi) is 5.47. The Morgan fingerprint density at radius 2 is 1.46 bits per heavy atom. The molecular formula is C21H17NO3S. The fourth-order valence-electron chi connectivity index (χ4n) is 2.59. The van der Waals surface area contributed by atoms with E-state index in [1.54, 1.807) is 30.3 Å². The van der Waals surface area contributed by atoms with Crippen LogP contribution in [0.15, 0.2) is 78.9 Å². The van der Waals surface area contributed by atoms with E-state index in [4.69, 9.17) is 4.18 Å². The second-order valence-electron chi connectivity index (χ2n) is 5.80. The highest BCUT2D eigenvalue weighted by Gasteiger charge is 2.13. The molecule has 0 unspecified atom stereocenters. The summed E-state index contributed by atoms with van der Waals surface area (Å²) in [4.78, 5) is 0. The third-order valence-corrected chi connectivity index (χ3v) is 5.07. The molecule has 0 heterocycles. The lowest BCUT2D eigenvalue weighted by Crippen LogP contribution is -2.08. The van der Waals surface area contributed by atoms with Crippen LogP contribution in [0, 0.1) is 11.3 Å². The van der Waals surface area contributed by atoms with Gasteiger partial charge in [0.25, 0.3) is 10.1 Å². The van der Waals surface area contributed by atoms with Gasteiger partial charge in [-0.2, -0.15) is 13.7 Å². The van der Waals surface area contributed by atoms with E-state index < -0.39 is 10.1 Å². The van der Waals surface area contributed by atoms with Gasteiger partial charge in [0.05, 0.1) is 18.2 Å². The number of hydrogen-bond donors (Lipinski definition) is 0. The average molecular weight is 363 g/mol. The molecule has 3 aromatic carbocycles. The van der Waals surface area contributed by atoms with E-state index in [-0.39, 0.29) is 12.4 Å². The Balaban J connectivity index is 1.67. The molecule has 3 aromatic rings. The fraction of sp³-hybridized carbons (Fsp3) is 0.0952. The van der Waals surface area contributed by atoms with Crippen molar-refractivity contribution < 1.29 is 12.6 Å². The van der Waals surface area contributed by atoms with Crippen LogP contribution >= 0.6 is 0 Å². The minimum Gasteiger partial charge on any atom is -0.265 e. The molecule has 0 aromatic heterocycles. The van der Waals surface area contributed by atoms with Crippen molar-refractivity contribution in [3.63, 3.8) is 0 Å². The predicted octanol–water partition coefficient (Wildman–Crippen LogP) is 4.27. The molecule has 0 aliphatic heterocycles. The molecule has 5 heteroatoms. The summed E-state index contributed by atoms with van der Waals surface area (Å²) in [6.45, 7) is -0.0185. The van der Waals surface area contributed by atoms with Crippen molar-refractivity contribution in [3.05, 3.63) is 95.6 Å². The summed E-state index contributed by atoms with van der Waals surface area (Å²) in [6.07, 6.45) is 0. The third kappa shape index (κ3) is 4.57. The number of rotatable bonds is 6. The zero-order valence-corrected chi connectivity index (χ0v) is 14.8. The minimum atomic E-state index is -3.65. The zero-order chi connectivity index (χ0) is 18.4. The Morgan fingerprint density at radius 3 is 2.15 bits per heavy atom. The molecule has 0 aliphatic rings. The van der Waals surface area contributed by atoms with Crippen LogP contribution in [-0.4, -0.2) is 8.42 Å². The number of benzene rings is 3. The topological polar surface area (TPSA) is 67.2 Å². The summed E-state index contributed by atoms with van der Waals surface area (Å²) in [5, 5.41) is 9.19. The van der Waals surface area contributed by atoms with Gasteiger partial charge in [0.1, 0.15) is 5.75 Å². The molecule has 0 saturated heterocycles. The van der Waals surface area contributed by atoms with Crippen LogP contribution in [0.3, 0.4) is 0 Å². The molecule has 130 valence electrons. The maximum Gasteiger partial charge on any atom is 0.271 e. The maximum atomic E-state index is 12.1. The molecule has 0 spiro atoms. The van der Waals surface area contributed by atoms with Gasteiger partial charge in [-0.3, -0.25) is 4.18 Å². The molecule has 0 aliphatic carbocycles. The SMILES string of the molecule is N#Cc1ccccc1-c1ccc(COS(=O)(=O)Cc2ccccc2)cc1. The zero-order valence-electron chi connectivity index (χ0n) is 14.0. The van der Waals surface area contributed by atoms with E-state index in [1.807, 2.05) is 48.5 Å². The summed E-state index contributed by atoms with van der Waals surface area (Å²) >= 11 is 0. The first-order chi connectivity index (χ1) is 12.6. The summed E-state index contributed by atoms with van der Waals surface area (Å²) in [7, 11) is -3.65. The Bertz CT molecular complexity index is 1020. The highest BCUT2D eigenvalue weighted by Crippen LogP contribution is 2.23. The van der Waals surface area contributed by atoms with Gasteiger partial charge in [-0.1, -0.05) is 72.8 Å². The number of hydrogen-bond acceptors (Lipinski definition) is 4. The van der Waals surface area contributed by atoms with Crippen molar-refractivity contribution in [2.24, 2.45) is 0 Å². The van der Waals surface area contributed by atoms with Gasteiger partial charge in [0.15, 0.2) is 0 Å². The van der Waals surface area contributed by atoms with Crippen LogP contribution in [0.5, 0.6) is 0 Å².